The molecule has 1 saturated heterocycles. The SMILES string of the molecule is O=C(O)CCCC1CCN(CCC=C2c3ccccc3CCc3ccccc32)CC1. The molecule has 0 bridgehead atoms. The number of aryl methyl sites for hydroxylation is 2. The summed E-state index contributed by atoms with van der Waals surface area (Å²) in [5.41, 5.74) is 7.13. The number of piperidine rings is 1. The Morgan fingerprint density at radius 1 is 0.967 bits per heavy atom. The quantitative estimate of drug-likeness (QED) is 0.657. The molecule has 2 aliphatic rings. The molecule has 1 fully saturated rings. The highest BCUT2D eigenvalue weighted by Gasteiger charge is 2.20. The van der Waals surface area contributed by atoms with Crippen LogP contribution in [0.3, 0.4) is 0 Å². The predicted molar refractivity (Wildman–Crippen MR) is 123 cm³/mol. The van der Waals surface area contributed by atoms with Gasteiger partial charge < -0.3 is 10.0 Å². The maximum absolute atomic E-state index is 10.7. The number of likely N-dealkylation sites (tertiary alicyclic amines) is 1. The van der Waals surface area contributed by atoms with Gasteiger partial charge >= 0.3 is 5.97 Å². The van der Waals surface area contributed by atoms with Gasteiger partial charge in [-0.1, -0.05) is 54.6 Å². The standard InChI is InChI=1S/C27H33NO2/c29-27(30)13-5-7-21-16-19-28(20-17-21)18-6-12-26-24-10-3-1-8-22(24)14-15-23-9-2-4-11-25(23)26/h1-4,8-12,21H,5-7,13-20H2,(H,29,30). The van der Waals surface area contributed by atoms with Gasteiger partial charge in [-0.2, -0.15) is 0 Å². The topological polar surface area (TPSA) is 40.5 Å². The minimum Gasteiger partial charge on any atom is -0.481 e. The van der Waals surface area contributed by atoms with Crippen LogP contribution in [0.1, 0.15) is 60.8 Å². The van der Waals surface area contributed by atoms with Crippen LogP contribution in [-0.4, -0.2) is 35.6 Å². The van der Waals surface area contributed by atoms with Gasteiger partial charge in [0.1, 0.15) is 0 Å². The van der Waals surface area contributed by atoms with Gasteiger partial charge in [0.25, 0.3) is 0 Å². The van der Waals surface area contributed by atoms with Crippen molar-refractivity contribution in [2.45, 2.75) is 51.4 Å². The Bertz CT molecular complexity index is 844. The fourth-order valence-corrected chi connectivity index (χ4v) is 5.07. The fourth-order valence-electron chi connectivity index (χ4n) is 5.07. The first-order chi connectivity index (χ1) is 14.7. The van der Waals surface area contributed by atoms with E-state index in [-0.39, 0.29) is 0 Å². The normalized spacial score (nSPS) is 17.1. The van der Waals surface area contributed by atoms with Crippen molar-refractivity contribution in [3.8, 4) is 0 Å². The molecule has 3 nitrogen and oxygen atoms in total. The van der Waals surface area contributed by atoms with E-state index in [1.807, 2.05) is 0 Å². The third-order valence-corrected chi connectivity index (χ3v) is 6.78. The molecular weight excluding hydrogens is 370 g/mol. The monoisotopic (exact) mass is 403 g/mol. The van der Waals surface area contributed by atoms with E-state index < -0.39 is 5.97 Å². The highest BCUT2D eigenvalue weighted by Crippen LogP contribution is 2.33. The number of aliphatic carboxylic acids is 1. The highest BCUT2D eigenvalue weighted by atomic mass is 16.4. The van der Waals surface area contributed by atoms with Crippen LogP contribution < -0.4 is 0 Å². The second-order valence-electron chi connectivity index (χ2n) is 8.79. The van der Waals surface area contributed by atoms with Crippen molar-refractivity contribution in [3.05, 3.63) is 76.9 Å². The lowest BCUT2D eigenvalue weighted by atomic mass is 9.91. The molecule has 1 N–H and O–H groups in total. The molecule has 0 spiro atoms. The molecule has 0 aromatic heterocycles. The molecular formula is C27H33NO2. The lowest BCUT2D eigenvalue weighted by molar-refractivity contribution is -0.137. The van der Waals surface area contributed by atoms with Gasteiger partial charge in [-0.3, -0.25) is 4.79 Å². The molecule has 0 saturated carbocycles. The van der Waals surface area contributed by atoms with E-state index in [0.29, 0.717) is 12.3 Å². The maximum Gasteiger partial charge on any atom is 0.303 e. The largest absolute Gasteiger partial charge is 0.481 e. The van der Waals surface area contributed by atoms with Crippen LogP contribution in [0.25, 0.3) is 5.57 Å². The van der Waals surface area contributed by atoms with Crippen LogP contribution >= 0.6 is 0 Å². The second kappa shape index (κ2) is 10.1. The molecule has 0 amide bonds. The number of fused-ring (bicyclic) bond motifs is 2. The average Bonchev–Trinajstić information content (AvgIpc) is 2.92. The minimum absolute atomic E-state index is 0.316. The molecule has 1 aliphatic carbocycles. The lowest BCUT2D eigenvalue weighted by Gasteiger charge is -2.31. The summed E-state index contributed by atoms with van der Waals surface area (Å²) in [4.78, 5) is 13.3. The van der Waals surface area contributed by atoms with E-state index in [2.05, 4.69) is 59.5 Å². The van der Waals surface area contributed by atoms with Crippen molar-refractivity contribution >= 4 is 11.5 Å². The Hall–Kier alpha value is -2.39. The third kappa shape index (κ3) is 5.20. The van der Waals surface area contributed by atoms with E-state index in [1.165, 1.54) is 40.7 Å². The number of nitrogens with zero attached hydrogens (tertiary/aromatic N) is 1. The van der Waals surface area contributed by atoms with Crippen molar-refractivity contribution in [2.24, 2.45) is 5.92 Å². The van der Waals surface area contributed by atoms with Gasteiger partial charge in [0.05, 0.1) is 0 Å². The number of hydrogen-bond acceptors (Lipinski definition) is 2. The van der Waals surface area contributed by atoms with E-state index in [4.69, 9.17) is 5.11 Å². The van der Waals surface area contributed by atoms with Gasteiger partial charge in [-0.25, -0.2) is 0 Å². The summed E-state index contributed by atoms with van der Waals surface area (Å²) in [6, 6.07) is 17.8. The second-order valence-corrected chi connectivity index (χ2v) is 8.79. The molecule has 2 aromatic rings. The Kier molecular flexibility index (Phi) is 7.01. The molecule has 30 heavy (non-hydrogen) atoms. The first kappa shape index (κ1) is 20.9. The lowest BCUT2D eigenvalue weighted by Crippen LogP contribution is -2.34. The number of carboxylic acid groups (broad SMARTS) is 1. The van der Waals surface area contributed by atoms with Crippen LogP contribution in [0, 0.1) is 5.92 Å². The van der Waals surface area contributed by atoms with Crippen molar-refractivity contribution < 1.29 is 9.90 Å². The van der Waals surface area contributed by atoms with Crippen molar-refractivity contribution in [1.29, 1.82) is 0 Å². The molecule has 0 unspecified atom stereocenters. The zero-order chi connectivity index (χ0) is 20.8. The smallest absolute Gasteiger partial charge is 0.303 e. The molecule has 1 heterocycles. The molecule has 0 atom stereocenters. The van der Waals surface area contributed by atoms with E-state index in [1.54, 1.807) is 0 Å². The van der Waals surface area contributed by atoms with E-state index >= 15 is 0 Å². The summed E-state index contributed by atoms with van der Waals surface area (Å²) >= 11 is 0. The van der Waals surface area contributed by atoms with Gasteiger partial charge in [0.2, 0.25) is 0 Å². The van der Waals surface area contributed by atoms with Crippen LogP contribution in [0.5, 0.6) is 0 Å². The number of rotatable bonds is 7. The minimum atomic E-state index is -0.665. The van der Waals surface area contributed by atoms with Crippen molar-refractivity contribution in [1.82, 2.24) is 4.90 Å². The Morgan fingerprint density at radius 2 is 1.57 bits per heavy atom. The van der Waals surface area contributed by atoms with Crippen LogP contribution in [0.15, 0.2) is 54.6 Å². The first-order valence-electron chi connectivity index (χ1n) is 11.5. The summed E-state index contributed by atoms with van der Waals surface area (Å²) in [5, 5.41) is 8.82. The highest BCUT2D eigenvalue weighted by molar-refractivity contribution is 5.83. The fraction of sp³-hybridized carbons (Fsp3) is 0.444. The third-order valence-electron chi connectivity index (χ3n) is 6.78. The van der Waals surface area contributed by atoms with Crippen LogP contribution in [0.4, 0.5) is 0 Å². The van der Waals surface area contributed by atoms with Gasteiger partial charge in [0.15, 0.2) is 0 Å². The van der Waals surface area contributed by atoms with E-state index in [9.17, 15) is 4.79 Å². The number of benzene rings is 2. The molecule has 0 radical (unpaired) electrons. The molecule has 4 rings (SSSR count). The zero-order valence-corrected chi connectivity index (χ0v) is 17.9. The number of carboxylic acids is 1. The number of carbonyl (C=O) groups is 1. The first-order valence-corrected chi connectivity index (χ1v) is 11.5. The summed E-state index contributed by atoms with van der Waals surface area (Å²) in [6.45, 7) is 3.40. The molecule has 2 aromatic carbocycles. The van der Waals surface area contributed by atoms with Gasteiger partial charge in [0, 0.05) is 13.0 Å². The Labute approximate surface area is 180 Å². The van der Waals surface area contributed by atoms with Crippen molar-refractivity contribution in [3.63, 3.8) is 0 Å². The Balaban J connectivity index is 1.37. The Morgan fingerprint density at radius 3 is 2.17 bits per heavy atom. The zero-order valence-electron chi connectivity index (χ0n) is 17.9. The van der Waals surface area contributed by atoms with E-state index in [0.717, 1.165) is 51.7 Å². The molecule has 158 valence electrons. The summed E-state index contributed by atoms with van der Waals surface area (Å²) in [6.07, 6.45) is 10.4. The molecule has 1 aliphatic heterocycles. The maximum atomic E-state index is 10.7. The van der Waals surface area contributed by atoms with Crippen molar-refractivity contribution in [2.75, 3.05) is 19.6 Å². The van der Waals surface area contributed by atoms with Gasteiger partial charge in [-0.05, 0) is 91.8 Å². The van der Waals surface area contributed by atoms with Crippen LogP contribution in [-0.2, 0) is 17.6 Å². The van der Waals surface area contributed by atoms with Gasteiger partial charge in [-0.15, -0.1) is 0 Å². The summed E-state index contributed by atoms with van der Waals surface area (Å²) in [7, 11) is 0. The average molecular weight is 404 g/mol. The summed E-state index contributed by atoms with van der Waals surface area (Å²) in [5.74, 6) is 0.0432. The predicted octanol–water partition coefficient (Wildman–Crippen LogP) is 5.57. The molecule has 3 heteroatoms. The van der Waals surface area contributed by atoms with Crippen LogP contribution in [0.2, 0.25) is 0 Å². The number of hydrogen-bond donors (Lipinski definition) is 1. The summed E-state index contributed by atoms with van der Waals surface area (Å²) < 4.78 is 0.